The molecule has 1 aliphatic heterocycles. The number of hydrogen-bond donors (Lipinski definition) is 2. The fourth-order valence-electron chi connectivity index (χ4n) is 4.15. The van der Waals surface area contributed by atoms with Crippen LogP contribution in [0.2, 0.25) is 0 Å². The SMILES string of the molecule is Nc1nnc(-c2ccccc2O)cc1N1CCN(c2ccncc2)C2(CC2)C1. The molecule has 1 saturated heterocycles. The Bertz CT molecular complexity index is 1000. The van der Waals surface area contributed by atoms with Gasteiger partial charge in [-0.25, -0.2) is 0 Å². The number of pyridine rings is 1. The van der Waals surface area contributed by atoms with E-state index in [0.29, 0.717) is 17.1 Å². The molecule has 142 valence electrons. The van der Waals surface area contributed by atoms with Gasteiger partial charge in [-0.15, -0.1) is 10.2 Å². The molecule has 2 aliphatic rings. The summed E-state index contributed by atoms with van der Waals surface area (Å²) in [6.07, 6.45) is 6.02. The largest absolute Gasteiger partial charge is 0.507 e. The molecule has 1 spiro atoms. The number of anilines is 3. The summed E-state index contributed by atoms with van der Waals surface area (Å²) in [7, 11) is 0. The molecule has 0 bridgehead atoms. The lowest BCUT2D eigenvalue weighted by Crippen LogP contribution is -2.55. The van der Waals surface area contributed by atoms with E-state index >= 15 is 0 Å². The minimum absolute atomic E-state index is 0.143. The molecule has 7 nitrogen and oxygen atoms in total. The van der Waals surface area contributed by atoms with Gasteiger partial charge in [-0.2, -0.15) is 0 Å². The molecule has 1 aliphatic carbocycles. The van der Waals surface area contributed by atoms with Crippen LogP contribution in [0.25, 0.3) is 11.3 Å². The maximum absolute atomic E-state index is 10.2. The second-order valence-corrected chi connectivity index (χ2v) is 7.52. The number of hydrogen-bond acceptors (Lipinski definition) is 7. The summed E-state index contributed by atoms with van der Waals surface area (Å²) >= 11 is 0. The van der Waals surface area contributed by atoms with Crippen molar-refractivity contribution in [1.82, 2.24) is 15.2 Å². The molecule has 0 radical (unpaired) electrons. The predicted octanol–water partition coefficient (Wildman–Crippen LogP) is 2.69. The maximum atomic E-state index is 10.2. The molecule has 0 unspecified atom stereocenters. The summed E-state index contributed by atoms with van der Waals surface area (Å²) in [5.41, 5.74) is 9.73. The highest BCUT2D eigenvalue weighted by atomic mass is 16.3. The van der Waals surface area contributed by atoms with Crippen LogP contribution in [0.4, 0.5) is 17.2 Å². The highest BCUT2D eigenvalue weighted by Crippen LogP contribution is 2.47. The Labute approximate surface area is 163 Å². The number of piperazine rings is 1. The van der Waals surface area contributed by atoms with Gasteiger partial charge in [0.05, 0.1) is 16.9 Å². The van der Waals surface area contributed by atoms with E-state index in [0.717, 1.165) is 38.2 Å². The number of benzene rings is 1. The molecule has 3 aromatic rings. The van der Waals surface area contributed by atoms with Gasteiger partial charge in [0, 0.05) is 43.3 Å². The topological polar surface area (TPSA) is 91.4 Å². The number of nitrogens with zero attached hydrogens (tertiary/aromatic N) is 5. The predicted molar refractivity (Wildman–Crippen MR) is 109 cm³/mol. The van der Waals surface area contributed by atoms with Gasteiger partial charge in [0.15, 0.2) is 5.82 Å². The number of nitrogen functional groups attached to an aromatic ring is 1. The summed E-state index contributed by atoms with van der Waals surface area (Å²) in [6, 6.07) is 13.3. The van der Waals surface area contributed by atoms with E-state index in [1.54, 1.807) is 12.1 Å². The van der Waals surface area contributed by atoms with Crippen molar-refractivity contribution in [3.63, 3.8) is 0 Å². The van der Waals surface area contributed by atoms with Crippen LogP contribution in [-0.4, -0.2) is 45.5 Å². The van der Waals surface area contributed by atoms with Gasteiger partial charge in [0.2, 0.25) is 0 Å². The van der Waals surface area contributed by atoms with Gasteiger partial charge in [0.1, 0.15) is 5.75 Å². The van der Waals surface area contributed by atoms with E-state index in [4.69, 9.17) is 5.73 Å². The van der Waals surface area contributed by atoms with Crippen LogP contribution >= 0.6 is 0 Å². The van der Waals surface area contributed by atoms with Gasteiger partial charge in [-0.05, 0) is 43.2 Å². The van der Waals surface area contributed by atoms with Gasteiger partial charge in [-0.1, -0.05) is 12.1 Å². The van der Waals surface area contributed by atoms with Crippen molar-refractivity contribution in [1.29, 1.82) is 0 Å². The highest BCUT2D eigenvalue weighted by Gasteiger charge is 2.51. The van der Waals surface area contributed by atoms with E-state index < -0.39 is 0 Å². The zero-order valence-corrected chi connectivity index (χ0v) is 15.5. The summed E-state index contributed by atoms with van der Waals surface area (Å²) in [5, 5.41) is 18.5. The van der Waals surface area contributed by atoms with Crippen LogP contribution < -0.4 is 15.5 Å². The average Bonchev–Trinajstić information content (AvgIpc) is 3.49. The first kappa shape index (κ1) is 16.8. The monoisotopic (exact) mass is 374 g/mol. The minimum Gasteiger partial charge on any atom is -0.507 e. The molecule has 1 saturated carbocycles. The average molecular weight is 374 g/mol. The fraction of sp³-hybridized carbons (Fsp3) is 0.286. The van der Waals surface area contributed by atoms with Gasteiger partial charge >= 0.3 is 0 Å². The van der Waals surface area contributed by atoms with Crippen LogP contribution in [0.15, 0.2) is 54.9 Å². The van der Waals surface area contributed by atoms with E-state index in [1.165, 1.54) is 5.69 Å². The van der Waals surface area contributed by atoms with E-state index in [-0.39, 0.29) is 11.3 Å². The fourth-order valence-corrected chi connectivity index (χ4v) is 4.15. The number of rotatable bonds is 3. The standard InChI is InChI=1S/C21H22N6O/c22-20-18(13-17(24-25-20)16-3-1-2-4-19(16)28)26-11-12-27(21(14-26)7-8-21)15-5-9-23-10-6-15/h1-6,9-10,13,28H,7-8,11-12,14H2,(H2,22,25). The van der Waals surface area contributed by atoms with Crippen LogP contribution in [0, 0.1) is 0 Å². The molecule has 0 atom stereocenters. The zero-order chi connectivity index (χ0) is 19.1. The Morgan fingerprint density at radius 2 is 1.79 bits per heavy atom. The third-order valence-electron chi connectivity index (χ3n) is 5.77. The zero-order valence-electron chi connectivity index (χ0n) is 15.5. The van der Waals surface area contributed by atoms with Gasteiger partial charge < -0.3 is 20.6 Å². The van der Waals surface area contributed by atoms with Crippen molar-refractivity contribution in [2.24, 2.45) is 0 Å². The molecular weight excluding hydrogens is 352 g/mol. The molecule has 3 N–H and O–H groups in total. The van der Waals surface area contributed by atoms with E-state index in [2.05, 4.69) is 37.1 Å². The molecule has 1 aromatic carbocycles. The molecule has 28 heavy (non-hydrogen) atoms. The normalized spacial score (nSPS) is 17.7. The summed E-state index contributed by atoms with van der Waals surface area (Å²) in [6.45, 7) is 2.66. The number of phenolic OH excluding ortho intramolecular Hbond substituents is 1. The maximum Gasteiger partial charge on any atom is 0.169 e. The second kappa shape index (κ2) is 6.37. The molecule has 2 aromatic heterocycles. The van der Waals surface area contributed by atoms with E-state index in [9.17, 15) is 5.11 Å². The Morgan fingerprint density at radius 1 is 1.00 bits per heavy atom. The first-order chi connectivity index (χ1) is 13.7. The lowest BCUT2D eigenvalue weighted by atomic mass is 10.1. The number of aromatic hydroxyl groups is 1. The lowest BCUT2D eigenvalue weighted by molar-refractivity contribution is 0.477. The van der Waals surface area contributed by atoms with Crippen LogP contribution in [0.1, 0.15) is 12.8 Å². The quantitative estimate of drug-likeness (QED) is 0.728. The number of nitrogens with two attached hydrogens (primary N) is 1. The van der Waals surface area contributed by atoms with Crippen molar-refractivity contribution in [3.8, 4) is 17.0 Å². The van der Waals surface area contributed by atoms with Crippen molar-refractivity contribution in [2.45, 2.75) is 18.4 Å². The van der Waals surface area contributed by atoms with Crippen molar-refractivity contribution >= 4 is 17.2 Å². The smallest absolute Gasteiger partial charge is 0.169 e. The minimum atomic E-state index is 0.143. The summed E-state index contributed by atoms with van der Waals surface area (Å²) < 4.78 is 0. The van der Waals surface area contributed by atoms with Crippen LogP contribution in [0.3, 0.4) is 0 Å². The third kappa shape index (κ3) is 2.79. The molecule has 7 heteroatoms. The van der Waals surface area contributed by atoms with Gasteiger partial charge in [-0.3, -0.25) is 4.98 Å². The summed E-state index contributed by atoms with van der Waals surface area (Å²) in [5.74, 6) is 0.612. The number of para-hydroxylation sites is 1. The second-order valence-electron chi connectivity index (χ2n) is 7.52. The van der Waals surface area contributed by atoms with Crippen molar-refractivity contribution in [2.75, 3.05) is 35.2 Å². The molecule has 2 fully saturated rings. The van der Waals surface area contributed by atoms with Crippen molar-refractivity contribution in [3.05, 3.63) is 54.9 Å². The van der Waals surface area contributed by atoms with E-state index in [1.807, 2.05) is 30.6 Å². The Morgan fingerprint density at radius 3 is 2.54 bits per heavy atom. The van der Waals surface area contributed by atoms with Crippen LogP contribution in [-0.2, 0) is 0 Å². The Hall–Kier alpha value is -3.35. The lowest BCUT2D eigenvalue weighted by Gasteiger charge is -2.44. The first-order valence-corrected chi connectivity index (χ1v) is 9.50. The number of phenols is 1. The number of aromatic nitrogens is 3. The molecular formula is C21H22N6O. The molecule has 0 amide bonds. The van der Waals surface area contributed by atoms with Gasteiger partial charge in [0.25, 0.3) is 0 Å². The Balaban J connectivity index is 1.45. The Kier molecular flexibility index (Phi) is 3.82. The first-order valence-electron chi connectivity index (χ1n) is 9.50. The van der Waals surface area contributed by atoms with Crippen LogP contribution in [0.5, 0.6) is 5.75 Å². The highest BCUT2D eigenvalue weighted by molar-refractivity contribution is 5.74. The molecule has 3 heterocycles. The third-order valence-corrected chi connectivity index (χ3v) is 5.77. The summed E-state index contributed by atoms with van der Waals surface area (Å²) in [4.78, 5) is 8.94. The van der Waals surface area contributed by atoms with Crippen molar-refractivity contribution < 1.29 is 5.11 Å². The molecule has 5 rings (SSSR count).